The van der Waals surface area contributed by atoms with Gasteiger partial charge in [-0.15, -0.1) is 0 Å². The monoisotopic (exact) mass is 393 g/mol. The maximum absolute atomic E-state index is 14.1. The molecular weight excluding hydrogens is 376 g/mol. The van der Waals surface area contributed by atoms with E-state index in [0.717, 1.165) is 4.90 Å². The van der Waals surface area contributed by atoms with E-state index in [1.807, 2.05) is 0 Å². The minimum Gasteiger partial charge on any atom is -0.478 e. The van der Waals surface area contributed by atoms with Crippen molar-refractivity contribution in [2.45, 2.75) is 38.4 Å². The van der Waals surface area contributed by atoms with Gasteiger partial charge in [0.1, 0.15) is 5.60 Å². The predicted molar refractivity (Wildman–Crippen MR) is 83.5 cm³/mol. The smallest absolute Gasteiger partial charge is 0.410 e. The van der Waals surface area contributed by atoms with E-state index < -0.39 is 30.3 Å². The lowest BCUT2D eigenvalue weighted by Crippen LogP contribution is -2.36. The number of carbonyl (C=O) groups excluding carboxylic acids is 1. The average Bonchev–Trinajstić information content (AvgIpc) is 2.68. The van der Waals surface area contributed by atoms with Gasteiger partial charge in [-0.3, -0.25) is 4.90 Å². The van der Waals surface area contributed by atoms with Crippen LogP contribution in [-0.4, -0.2) is 46.7 Å². The zero-order valence-electron chi connectivity index (χ0n) is 13.0. The first kappa shape index (κ1) is 17.7. The van der Waals surface area contributed by atoms with E-state index >= 15 is 0 Å². The Morgan fingerprint density at radius 1 is 1.52 bits per heavy atom. The Bertz CT molecular complexity index is 607. The molecule has 2 N–H and O–H groups in total. The summed E-state index contributed by atoms with van der Waals surface area (Å²) < 4.78 is 39.2. The van der Waals surface area contributed by atoms with Gasteiger partial charge >= 0.3 is 12.0 Å². The standard InChI is InChI=1S/C14H18BrF2N3O3/c1-13(2,3)23-12(21)20-6-10(14(16,17)7-20)22-9-4-8(15)5-19-11(9)18/h4-5,10H,6-7H2,1-3H3,(H2,18,19). The summed E-state index contributed by atoms with van der Waals surface area (Å²) in [5, 5.41) is 0. The van der Waals surface area contributed by atoms with Gasteiger partial charge in [0.25, 0.3) is 0 Å². The van der Waals surface area contributed by atoms with Gasteiger partial charge in [-0.25, -0.2) is 18.6 Å². The van der Waals surface area contributed by atoms with Gasteiger partial charge in [-0.2, -0.15) is 0 Å². The van der Waals surface area contributed by atoms with Gasteiger partial charge in [0, 0.05) is 10.7 Å². The molecule has 1 fully saturated rings. The number of carbonyl (C=O) groups is 1. The number of rotatable bonds is 2. The van der Waals surface area contributed by atoms with E-state index in [9.17, 15) is 13.6 Å². The molecule has 1 unspecified atom stereocenters. The van der Waals surface area contributed by atoms with Crippen LogP contribution in [0, 0.1) is 0 Å². The number of anilines is 1. The Hall–Kier alpha value is -1.64. The number of nitrogen functional groups attached to an aromatic ring is 1. The second-order valence-electron chi connectivity index (χ2n) is 6.27. The molecule has 2 heterocycles. The molecule has 1 atom stereocenters. The lowest BCUT2D eigenvalue weighted by molar-refractivity contribution is -0.0622. The molecule has 0 radical (unpaired) electrons. The molecule has 1 aliphatic heterocycles. The highest BCUT2D eigenvalue weighted by molar-refractivity contribution is 9.10. The summed E-state index contributed by atoms with van der Waals surface area (Å²) in [6.45, 7) is 3.94. The molecule has 0 spiro atoms. The molecule has 1 aromatic heterocycles. The molecule has 6 nitrogen and oxygen atoms in total. The molecule has 1 saturated heterocycles. The first-order valence-electron chi connectivity index (χ1n) is 6.91. The van der Waals surface area contributed by atoms with Crippen molar-refractivity contribution in [1.82, 2.24) is 9.88 Å². The van der Waals surface area contributed by atoms with Crippen molar-refractivity contribution in [3.8, 4) is 5.75 Å². The van der Waals surface area contributed by atoms with Crippen LogP contribution in [0.15, 0.2) is 16.7 Å². The van der Waals surface area contributed by atoms with E-state index in [1.165, 1.54) is 12.3 Å². The zero-order chi connectivity index (χ0) is 17.4. The van der Waals surface area contributed by atoms with Crippen molar-refractivity contribution in [1.29, 1.82) is 0 Å². The third-order valence-corrected chi connectivity index (χ3v) is 3.46. The second-order valence-corrected chi connectivity index (χ2v) is 7.18. The normalized spacial score (nSPS) is 20.4. The minimum atomic E-state index is -3.22. The van der Waals surface area contributed by atoms with Crippen LogP contribution in [0.1, 0.15) is 20.8 Å². The van der Waals surface area contributed by atoms with Gasteiger partial charge < -0.3 is 15.2 Å². The second kappa shape index (κ2) is 6.10. The van der Waals surface area contributed by atoms with Crippen LogP contribution in [0.5, 0.6) is 5.75 Å². The van der Waals surface area contributed by atoms with Crippen molar-refractivity contribution in [3.05, 3.63) is 16.7 Å². The van der Waals surface area contributed by atoms with Crippen molar-refractivity contribution in [2.75, 3.05) is 18.8 Å². The molecule has 128 valence electrons. The number of halogens is 3. The summed E-state index contributed by atoms with van der Waals surface area (Å²) in [5.74, 6) is -3.18. The maximum Gasteiger partial charge on any atom is 0.410 e. The number of nitrogens with two attached hydrogens (primary N) is 1. The van der Waals surface area contributed by atoms with E-state index in [1.54, 1.807) is 20.8 Å². The number of pyridine rings is 1. The number of ether oxygens (including phenoxy) is 2. The number of nitrogens with zero attached hydrogens (tertiary/aromatic N) is 2. The molecule has 1 amide bonds. The number of aromatic nitrogens is 1. The van der Waals surface area contributed by atoms with Crippen LogP contribution in [0.2, 0.25) is 0 Å². The minimum absolute atomic E-state index is 0.000261. The molecule has 0 aromatic carbocycles. The number of amides is 1. The lowest BCUT2D eigenvalue weighted by atomic mass is 10.2. The van der Waals surface area contributed by atoms with Gasteiger partial charge in [0.2, 0.25) is 0 Å². The quantitative estimate of drug-likeness (QED) is 0.835. The highest BCUT2D eigenvalue weighted by Gasteiger charge is 2.52. The number of hydrogen-bond donors (Lipinski definition) is 1. The SMILES string of the molecule is CC(C)(C)OC(=O)N1CC(Oc2cc(Br)cnc2N)C(F)(F)C1. The van der Waals surface area contributed by atoms with Crippen LogP contribution in [0.3, 0.4) is 0 Å². The Kier molecular flexibility index (Phi) is 4.70. The van der Waals surface area contributed by atoms with E-state index in [-0.39, 0.29) is 18.1 Å². The topological polar surface area (TPSA) is 77.7 Å². The fourth-order valence-corrected chi connectivity index (χ4v) is 2.33. The summed E-state index contributed by atoms with van der Waals surface area (Å²) in [6.07, 6.45) is -0.890. The Morgan fingerprint density at radius 3 is 2.78 bits per heavy atom. The maximum atomic E-state index is 14.1. The molecule has 1 aliphatic rings. The van der Waals surface area contributed by atoms with Crippen LogP contribution in [0.4, 0.5) is 19.4 Å². The summed E-state index contributed by atoms with van der Waals surface area (Å²) >= 11 is 3.17. The first-order chi connectivity index (χ1) is 10.5. The number of likely N-dealkylation sites (tertiary alicyclic amines) is 1. The number of hydrogen-bond acceptors (Lipinski definition) is 5. The first-order valence-corrected chi connectivity index (χ1v) is 7.71. The average molecular weight is 394 g/mol. The third kappa shape index (κ3) is 4.43. The molecule has 0 bridgehead atoms. The van der Waals surface area contributed by atoms with Gasteiger partial charge in [0.05, 0.1) is 13.1 Å². The molecule has 0 aliphatic carbocycles. The molecule has 9 heteroatoms. The van der Waals surface area contributed by atoms with Crippen LogP contribution >= 0.6 is 15.9 Å². The van der Waals surface area contributed by atoms with Crippen LogP contribution in [0.25, 0.3) is 0 Å². The van der Waals surface area contributed by atoms with Crippen molar-refractivity contribution >= 4 is 27.8 Å². The molecule has 2 rings (SSSR count). The van der Waals surface area contributed by atoms with E-state index in [0.29, 0.717) is 4.47 Å². The van der Waals surface area contributed by atoms with Crippen LogP contribution < -0.4 is 10.5 Å². The van der Waals surface area contributed by atoms with Gasteiger partial charge in [-0.05, 0) is 42.8 Å². The predicted octanol–water partition coefficient (Wildman–Crippen LogP) is 3.06. The highest BCUT2D eigenvalue weighted by Crippen LogP contribution is 2.34. The molecule has 0 saturated carbocycles. The molecule has 23 heavy (non-hydrogen) atoms. The third-order valence-electron chi connectivity index (χ3n) is 3.03. The van der Waals surface area contributed by atoms with Crippen molar-refractivity contribution in [2.24, 2.45) is 0 Å². The Morgan fingerprint density at radius 2 is 2.17 bits per heavy atom. The summed E-state index contributed by atoms with van der Waals surface area (Å²) in [7, 11) is 0. The summed E-state index contributed by atoms with van der Waals surface area (Å²) in [4.78, 5) is 16.7. The largest absolute Gasteiger partial charge is 0.478 e. The van der Waals surface area contributed by atoms with E-state index in [4.69, 9.17) is 15.2 Å². The molecular formula is C14H18BrF2N3O3. The fourth-order valence-electron chi connectivity index (χ4n) is 2.02. The van der Waals surface area contributed by atoms with E-state index in [2.05, 4.69) is 20.9 Å². The zero-order valence-corrected chi connectivity index (χ0v) is 14.6. The van der Waals surface area contributed by atoms with Gasteiger partial charge in [-0.1, -0.05) is 0 Å². The Balaban J connectivity index is 2.11. The van der Waals surface area contributed by atoms with Crippen LogP contribution in [-0.2, 0) is 4.74 Å². The number of alkyl halides is 2. The summed E-state index contributed by atoms with van der Waals surface area (Å²) in [6, 6.07) is 1.45. The van der Waals surface area contributed by atoms with Crippen molar-refractivity contribution in [3.63, 3.8) is 0 Å². The fraction of sp³-hybridized carbons (Fsp3) is 0.571. The molecule has 1 aromatic rings. The summed E-state index contributed by atoms with van der Waals surface area (Å²) in [5.41, 5.74) is 4.87. The Labute approximate surface area is 141 Å². The lowest BCUT2D eigenvalue weighted by Gasteiger charge is -2.24. The van der Waals surface area contributed by atoms with Crippen molar-refractivity contribution < 1.29 is 23.0 Å². The highest BCUT2D eigenvalue weighted by atomic mass is 79.9. The van der Waals surface area contributed by atoms with Gasteiger partial charge in [0.15, 0.2) is 17.7 Å².